The Morgan fingerprint density at radius 2 is 1.76 bits per heavy atom. The molecule has 0 spiro atoms. The van der Waals surface area contributed by atoms with Crippen molar-refractivity contribution in [1.29, 1.82) is 0 Å². The molecule has 0 heterocycles. The molecule has 0 saturated carbocycles. The second-order valence-electron chi connectivity index (χ2n) is 5.46. The highest BCUT2D eigenvalue weighted by Crippen LogP contribution is 2.25. The molecule has 0 radical (unpaired) electrons. The van der Waals surface area contributed by atoms with E-state index in [9.17, 15) is 15.0 Å². The number of phenolic OH excluding ortho intramolecular Hbond substituents is 2. The van der Waals surface area contributed by atoms with Crippen molar-refractivity contribution in [2.45, 2.75) is 19.4 Å². The number of hydrogen-bond donors (Lipinski definition) is 3. The number of benzene rings is 2. The quantitative estimate of drug-likeness (QED) is 0.394. The molecule has 1 atom stereocenters. The normalized spacial score (nSPS) is 11.3. The Bertz CT molecular complexity index is 690. The summed E-state index contributed by atoms with van der Waals surface area (Å²) in [6.45, 7) is 2.32. The van der Waals surface area contributed by atoms with Crippen LogP contribution in [0.1, 0.15) is 11.1 Å². The van der Waals surface area contributed by atoms with Crippen LogP contribution in [-0.4, -0.2) is 35.4 Å². The number of carbonyl (C=O) groups excluding carboxylic acids is 1. The van der Waals surface area contributed by atoms with Crippen LogP contribution in [0.5, 0.6) is 17.2 Å². The SMILES string of the molecule is Cc1ccc(OCCOC(=O)[C@@H](N)Cc2ccc(O)c(O)c2)cc1.Cl. The topological polar surface area (TPSA) is 102 Å². The van der Waals surface area contributed by atoms with Gasteiger partial charge in [0.25, 0.3) is 0 Å². The second-order valence-corrected chi connectivity index (χ2v) is 5.46. The molecule has 0 amide bonds. The molecule has 0 bridgehead atoms. The third-order valence-corrected chi connectivity index (χ3v) is 3.42. The first-order valence-electron chi connectivity index (χ1n) is 7.58. The Kier molecular flexibility index (Phi) is 8.04. The van der Waals surface area contributed by atoms with Gasteiger partial charge in [0.2, 0.25) is 0 Å². The van der Waals surface area contributed by atoms with Gasteiger partial charge >= 0.3 is 5.97 Å². The zero-order valence-corrected chi connectivity index (χ0v) is 14.7. The van der Waals surface area contributed by atoms with Crippen molar-refractivity contribution in [3.63, 3.8) is 0 Å². The van der Waals surface area contributed by atoms with E-state index in [4.69, 9.17) is 15.2 Å². The van der Waals surface area contributed by atoms with E-state index in [1.807, 2.05) is 31.2 Å². The minimum atomic E-state index is -0.853. The van der Waals surface area contributed by atoms with E-state index in [1.165, 1.54) is 12.1 Å². The van der Waals surface area contributed by atoms with Gasteiger partial charge in [0.1, 0.15) is 25.0 Å². The zero-order valence-electron chi connectivity index (χ0n) is 13.8. The Hall–Kier alpha value is -2.44. The van der Waals surface area contributed by atoms with Crippen molar-refractivity contribution in [2.75, 3.05) is 13.2 Å². The lowest BCUT2D eigenvalue weighted by atomic mass is 10.1. The number of aryl methyl sites for hydroxylation is 1. The smallest absolute Gasteiger partial charge is 0.323 e. The summed E-state index contributed by atoms with van der Waals surface area (Å²) in [5.41, 5.74) is 7.56. The summed E-state index contributed by atoms with van der Waals surface area (Å²) in [4.78, 5) is 11.8. The Morgan fingerprint density at radius 1 is 1.08 bits per heavy atom. The standard InChI is InChI=1S/C18H21NO5.ClH/c1-12-2-5-14(6-3-12)23-8-9-24-18(22)15(19)10-13-4-7-16(20)17(21)11-13;/h2-7,11,15,20-21H,8-10,19H2,1H3;1H/t15-;/m0./s1. The molecule has 2 aromatic carbocycles. The largest absolute Gasteiger partial charge is 0.504 e. The van der Waals surface area contributed by atoms with Gasteiger partial charge in [0, 0.05) is 0 Å². The molecule has 4 N–H and O–H groups in total. The average molecular weight is 368 g/mol. The maximum Gasteiger partial charge on any atom is 0.323 e. The van der Waals surface area contributed by atoms with Gasteiger partial charge in [-0.2, -0.15) is 0 Å². The van der Waals surface area contributed by atoms with Crippen molar-refractivity contribution in [1.82, 2.24) is 0 Å². The molecule has 0 aliphatic carbocycles. The van der Waals surface area contributed by atoms with Crippen LogP contribution in [0.4, 0.5) is 0 Å². The maximum atomic E-state index is 11.8. The Labute approximate surface area is 152 Å². The van der Waals surface area contributed by atoms with E-state index < -0.39 is 12.0 Å². The number of ether oxygens (including phenoxy) is 2. The van der Waals surface area contributed by atoms with Gasteiger partial charge in [-0.1, -0.05) is 23.8 Å². The predicted molar refractivity (Wildman–Crippen MR) is 96.3 cm³/mol. The fraction of sp³-hybridized carbons (Fsp3) is 0.278. The predicted octanol–water partition coefficient (Wildman–Crippen LogP) is 2.32. The average Bonchev–Trinajstić information content (AvgIpc) is 2.56. The van der Waals surface area contributed by atoms with Gasteiger partial charge in [-0.15, -0.1) is 12.4 Å². The minimum Gasteiger partial charge on any atom is -0.504 e. The lowest BCUT2D eigenvalue weighted by Crippen LogP contribution is -2.35. The van der Waals surface area contributed by atoms with Crippen LogP contribution in [0.2, 0.25) is 0 Å². The first kappa shape index (κ1) is 20.6. The number of carbonyl (C=O) groups is 1. The van der Waals surface area contributed by atoms with Crippen molar-refractivity contribution < 1.29 is 24.5 Å². The van der Waals surface area contributed by atoms with Crippen LogP contribution in [-0.2, 0) is 16.0 Å². The fourth-order valence-corrected chi connectivity index (χ4v) is 2.08. The number of esters is 1. The summed E-state index contributed by atoms with van der Waals surface area (Å²) in [6.07, 6.45) is 0.200. The maximum absolute atomic E-state index is 11.8. The molecule has 2 rings (SSSR count). The van der Waals surface area contributed by atoms with Crippen LogP contribution in [0, 0.1) is 6.92 Å². The van der Waals surface area contributed by atoms with Gasteiger partial charge < -0.3 is 25.4 Å². The van der Waals surface area contributed by atoms with Crippen molar-refractivity contribution in [3.8, 4) is 17.2 Å². The molecule has 0 saturated heterocycles. The molecule has 0 aliphatic heterocycles. The van der Waals surface area contributed by atoms with Crippen molar-refractivity contribution in [2.24, 2.45) is 5.73 Å². The molecular formula is C18H22ClNO5. The number of halogens is 1. The van der Waals surface area contributed by atoms with E-state index in [0.29, 0.717) is 11.3 Å². The van der Waals surface area contributed by atoms with E-state index in [1.54, 1.807) is 6.07 Å². The highest BCUT2D eigenvalue weighted by Gasteiger charge is 2.16. The summed E-state index contributed by atoms with van der Waals surface area (Å²) >= 11 is 0. The molecule has 6 nitrogen and oxygen atoms in total. The third-order valence-electron chi connectivity index (χ3n) is 3.42. The van der Waals surface area contributed by atoms with Crippen LogP contribution >= 0.6 is 12.4 Å². The van der Waals surface area contributed by atoms with Crippen LogP contribution < -0.4 is 10.5 Å². The van der Waals surface area contributed by atoms with E-state index >= 15 is 0 Å². The molecule has 0 aromatic heterocycles. The van der Waals surface area contributed by atoms with E-state index in [2.05, 4.69) is 0 Å². The number of aromatic hydroxyl groups is 2. The lowest BCUT2D eigenvalue weighted by Gasteiger charge is -2.12. The number of nitrogens with two attached hydrogens (primary N) is 1. The molecule has 25 heavy (non-hydrogen) atoms. The van der Waals surface area contributed by atoms with Gasteiger partial charge in [0.05, 0.1) is 0 Å². The molecule has 2 aromatic rings. The second kappa shape index (κ2) is 9.76. The first-order chi connectivity index (χ1) is 11.5. The van der Waals surface area contributed by atoms with Crippen LogP contribution in [0.3, 0.4) is 0 Å². The van der Waals surface area contributed by atoms with E-state index in [0.717, 1.165) is 5.56 Å². The summed E-state index contributed by atoms with van der Waals surface area (Å²) in [7, 11) is 0. The molecule has 7 heteroatoms. The highest BCUT2D eigenvalue weighted by atomic mass is 35.5. The van der Waals surface area contributed by atoms with Crippen LogP contribution in [0.25, 0.3) is 0 Å². The van der Waals surface area contributed by atoms with Crippen molar-refractivity contribution >= 4 is 18.4 Å². The van der Waals surface area contributed by atoms with E-state index in [-0.39, 0.29) is 43.5 Å². The molecule has 0 aliphatic rings. The molecule has 0 fully saturated rings. The molecular weight excluding hydrogens is 346 g/mol. The fourth-order valence-electron chi connectivity index (χ4n) is 2.08. The zero-order chi connectivity index (χ0) is 17.5. The molecule has 136 valence electrons. The molecule has 0 unspecified atom stereocenters. The Morgan fingerprint density at radius 3 is 2.40 bits per heavy atom. The summed E-state index contributed by atoms with van der Waals surface area (Å²) in [6, 6.07) is 11.0. The number of rotatable bonds is 7. The van der Waals surface area contributed by atoms with Gasteiger partial charge in [-0.25, -0.2) is 0 Å². The van der Waals surface area contributed by atoms with Crippen LogP contribution in [0.15, 0.2) is 42.5 Å². The number of hydrogen-bond acceptors (Lipinski definition) is 6. The minimum absolute atomic E-state index is 0. The summed E-state index contributed by atoms with van der Waals surface area (Å²) in [5.74, 6) is -0.307. The first-order valence-corrected chi connectivity index (χ1v) is 7.58. The monoisotopic (exact) mass is 367 g/mol. The lowest BCUT2D eigenvalue weighted by molar-refractivity contribution is -0.145. The van der Waals surface area contributed by atoms with Gasteiger partial charge in [-0.05, 0) is 43.2 Å². The van der Waals surface area contributed by atoms with Gasteiger partial charge in [0.15, 0.2) is 11.5 Å². The third kappa shape index (κ3) is 6.52. The Balaban J connectivity index is 0.00000312. The van der Waals surface area contributed by atoms with Gasteiger partial charge in [-0.3, -0.25) is 4.79 Å². The summed E-state index contributed by atoms with van der Waals surface area (Å²) in [5, 5.41) is 18.7. The number of phenols is 2. The highest BCUT2D eigenvalue weighted by molar-refractivity contribution is 5.85. The summed E-state index contributed by atoms with van der Waals surface area (Å²) < 4.78 is 10.5. The van der Waals surface area contributed by atoms with Crippen molar-refractivity contribution in [3.05, 3.63) is 53.6 Å².